The molecule has 20 heavy (non-hydrogen) atoms. The SMILES string of the molecule is CC(C)CCCC(C)NCc1ccccc1C(N)=NO. The summed E-state index contributed by atoms with van der Waals surface area (Å²) >= 11 is 0. The summed E-state index contributed by atoms with van der Waals surface area (Å²) in [6, 6.07) is 8.20. The van der Waals surface area contributed by atoms with E-state index in [0.717, 1.165) is 23.6 Å². The number of nitrogens with zero attached hydrogens (tertiary/aromatic N) is 1. The average molecular weight is 277 g/mol. The number of rotatable bonds is 8. The van der Waals surface area contributed by atoms with E-state index in [4.69, 9.17) is 10.9 Å². The second-order valence-corrected chi connectivity index (χ2v) is 5.75. The number of hydrogen-bond acceptors (Lipinski definition) is 3. The zero-order chi connectivity index (χ0) is 15.0. The van der Waals surface area contributed by atoms with Crippen molar-refractivity contribution in [2.45, 2.75) is 52.6 Å². The molecule has 0 radical (unpaired) electrons. The van der Waals surface area contributed by atoms with Crippen molar-refractivity contribution in [2.24, 2.45) is 16.8 Å². The Morgan fingerprint density at radius 2 is 1.95 bits per heavy atom. The predicted octanol–water partition coefficient (Wildman–Crippen LogP) is 3.09. The highest BCUT2D eigenvalue weighted by molar-refractivity contribution is 5.98. The summed E-state index contributed by atoms with van der Waals surface area (Å²) in [6.07, 6.45) is 3.68. The number of hydrogen-bond donors (Lipinski definition) is 3. The number of nitrogens with one attached hydrogen (secondary N) is 1. The van der Waals surface area contributed by atoms with Crippen molar-refractivity contribution in [1.82, 2.24) is 5.32 Å². The summed E-state index contributed by atoms with van der Waals surface area (Å²) in [5, 5.41) is 15.4. The standard InChI is InChI=1S/C16H27N3O/c1-12(2)7-6-8-13(3)18-11-14-9-4-5-10-15(14)16(17)19-20/h4-5,9-10,12-13,18,20H,6-8,11H2,1-3H3,(H2,17,19). The molecular formula is C16H27N3O. The van der Waals surface area contributed by atoms with Gasteiger partial charge in [0.05, 0.1) is 0 Å². The minimum absolute atomic E-state index is 0.162. The zero-order valence-corrected chi connectivity index (χ0v) is 12.8. The maximum absolute atomic E-state index is 8.80. The molecule has 0 aliphatic carbocycles. The van der Waals surface area contributed by atoms with Crippen LogP contribution in [-0.4, -0.2) is 17.1 Å². The number of nitrogens with two attached hydrogens (primary N) is 1. The van der Waals surface area contributed by atoms with Crippen LogP contribution in [-0.2, 0) is 6.54 Å². The van der Waals surface area contributed by atoms with E-state index < -0.39 is 0 Å². The molecule has 4 heteroatoms. The first-order valence-electron chi connectivity index (χ1n) is 7.33. The molecule has 1 rings (SSSR count). The minimum atomic E-state index is 0.162. The Labute approximate surface area is 122 Å². The van der Waals surface area contributed by atoms with Crippen molar-refractivity contribution < 1.29 is 5.21 Å². The van der Waals surface area contributed by atoms with E-state index in [1.807, 2.05) is 24.3 Å². The second kappa shape index (κ2) is 8.59. The summed E-state index contributed by atoms with van der Waals surface area (Å²) < 4.78 is 0. The molecule has 0 fully saturated rings. The number of benzene rings is 1. The third kappa shape index (κ3) is 5.61. The van der Waals surface area contributed by atoms with E-state index in [9.17, 15) is 0 Å². The van der Waals surface area contributed by atoms with Crippen LogP contribution in [0.25, 0.3) is 0 Å². The van der Waals surface area contributed by atoms with Crippen molar-refractivity contribution >= 4 is 5.84 Å². The summed E-state index contributed by atoms with van der Waals surface area (Å²) in [4.78, 5) is 0. The highest BCUT2D eigenvalue weighted by Crippen LogP contribution is 2.11. The van der Waals surface area contributed by atoms with Gasteiger partial charge in [0.1, 0.15) is 0 Å². The van der Waals surface area contributed by atoms with Gasteiger partial charge in [0.25, 0.3) is 0 Å². The van der Waals surface area contributed by atoms with Crippen LogP contribution in [0.2, 0.25) is 0 Å². The van der Waals surface area contributed by atoms with Crippen molar-refractivity contribution in [1.29, 1.82) is 0 Å². The molecule has 1 aromatic rings. The normalized spacial score (nSPS) is 13.7. The Hall–Kier alpha value is -1.55. The summed E-state index contributed by atoms with van der Waals surface area (Å²) in [5.41, 5.74) is 7.53. The van der Waals surface area contributed by atoms with Crippen LogP contribution >= 0.6 is 0 Å². The Morgan fingerprint density at radius 3 is 2.60 bits per heavy atom. The van der Waals surface area contributed by atoms with Crippen molar-refractivity contribution in [3.05, 3.63) is 35.4 Å². The molecule has 4 N–H and O–H groups in total. The maximum atomic E-state index is 8.80. The smallest absolute Gasteiger partial charge is 0.170 e. The van der Waals surface area contributed by atoms with E-state index in [1.54, 1.807) is 0 Å². The highest BCUT2D eigenvalue weighted by atomic mass is 16.4. The Kier molecular flexibility index (Phi) is 7.09. The van der Waals surface area contributed by atoms with Crippen LogP contribution in [0.1, 0.15) is 51.2 Å². The van der Waals surface area contributed by atoms with E-state index in [1.165, 1.54) is 19.3 Å². The van der Waals surface area contributed by atoms with Gasteiger partial charge < -0.3 is 16.3 Å². The predicted molar refractivity (Wildman–Crippen MR) is 83.9 cm³/mol. The number of oxime groups is 1. The van der Waals surface area contributed by atoms with Gasteiger partial charge in [-0.3, -0.25) is 0 Å². The van der Waals surface area contributed by atoms with E-state index in [0.29, 0.717) is 6.04 Å². The van der Waals surface area contributed by atoms with E-state index in [-0.39, 0.29) is 5.84 Å². The molecule has 0 saturated carbocycles. The van der Waals surface area contributed by atoms with Crippen LogP contribution in [0.15, 0.2) is 29.4 Å². The molecule has 0 bridgehead atoms. The minimum Gasteiger partial charge on any atom is -0.409 e. The largest absolute Gasteiger partial charge is 0.409 e. The summed E-state index contributed by atoms with van der Waals surface area (Å²) in [7, 11) is 0. The molecule has 0 aliphatic rings. The van der Waals surface area contributed by atoms with Crippen LogP contribution < -0.4 is 11.1 Å². The molecule has 0 saturated heterocycles. The van der Waals surface area contributed by atoms with Gasteiger partial charge in [-0.2, -0.15) is 0 Å². The molecular weight excluding hydrogens is 250 g/mol. The molecule has 4 nitrogen and oxygen atoms in total. The lowest BCUT2D eigenvalue weighted by molar-refractivity contribution is 0.318. The maximum Gasteiger partial charge on any atom is 0.170 e. The zero-order valence-electron chi connectivity index (χ0n) is 12.8. The molecule has 0 aliphatic heterocycles. The van der Waals surface area contributed by atoms with Crippen molar-refractivity contribution in [3.63, 3.8) is 0 Å². The van der Waals surface area contributed by atoms with Crippen molar-refractivity contribution in [3.8, 4) is 0 Å². The first-order chi connectivity index (χ1) is 9.54. The van der Waals surface area contributed by atoms with Gasteiger partial charge in [0, 0.05) is 18.2 Å². The van der Waals surface area contributed by atoms with Gasteiger partial charge in [0.2, 0.25) is 0 Å². The van der Waals surface area contributed by atoms with E-state index >= 15 is 0 Å². The fourth-order valence-electron chi connectivity index (χ4n) is 2.20. The highest BCUT2D eigenvalue weighted by Gasteiger charge is 2.08. The number of amidine groups is 1. The molecule has 0 spiro atoms. The van der Waals surface area contributed by atoms with Crippen LogP contribution in [0, 0.1) is 5.92 Å². The topological polar surface area (TPSA) is 70.6 Å². The van der Waals surface area contributed by atoms with Crippen LogP contribution in [0.3, 0.4) is 0 Å². The molecule has 1 unspecified atom stereocenters. The van der Waals surface area contributed by atoms with Crippen molar-refractivity contribution in [2.75, 3.05) is 0 Å². The van der Waals surface area contributed by atoms with Gasteiger partial charge in [-0.1, -0.05) is 56.1 Å². The van der Waals surface area contributed by atoms with E-state index in [2.05, 4.69) is 31.2 Å². The Balaban J connectivity index is 2.49. The fraction of sp³-hybridized carbons (Fsp3) is 0.562. The quantitative estimate of drug-likeness (QED) is 0.296. The van der Waals surface area contributed by atoms with Crippen LogP contribution in [0.4, 0.5) is 0 Å². The Bertz CT molecular complexity index is 429. The van der Waals surface area contributed by atoms with Gasteiger partial charge in [-0.05, 0) is 24.8 Å². The third-order valence-corrected chi connectivity index (χ3v) is 3.46. The molecule has 1 aromatic carbocycles. The fourth-order valence-corrected chi connectivity index (χ4v) is 2.20. The van der Waals surface area contributed by atoms with Gasteiger partial charge in [0.15, 0.2) is 5.84 Å². The summed E-state index contributed by atoms with van der Waals surface area (Å²) in [5.74, 6) is 0.929. The summed E-state index contributed by atoms with van der Waals surface area (Å²) in [6.45, 7) is 7.44. The lowest BCUT2D eigenvalue weighted by Crippen LogP contribution is -2.27. The first kappa shape index (κ1) is 16.5. The average Bonchev–Trinajstić information content (AvgIpc) is 2.44. The van der Waals surface area contributed by atoms with Gasteiger partial charge >= 0.3 is 0 Å². The lowest BCUT2D eigenvalue weighted by atomic mass is 10.0. The first-order valence-corrected chi connectivity index (χ1v) is 7.33. The third-order valence-electron chi connectivity index (χ3n) is 3.46. The molecule has 1 atom stereocenters. The molecule has 0 aromatic heterocycles. The lowest BCUT2D eigenvalue weighted by Gasteiger charge is -2.16. The van der Waals surface area contributed by atoms with Crippen LogP contribution in [0.5, 0.6) is 0 Å². The van der Waals surface area contributed by atoms with Gasteiger partial charge in [-0.15, -0.1) is 0 Å². The molecule has 112 valence electrons. The molecule has 0 heterocycles. The Morgan fingerprint density at radius 1 is 1.25 bits per heavy atom. The second-order valence-electron chi connectivity index (χ2n) is 5.75. The monoisotopic (exact) mass is 277 g/mol. The molecule has 0 amide bonds. The van der Waals surface area contributed by atoms with Gasteiger partial charge in [-0.25, -0.2) is 0 Å².